The van der Waals surface area contributed by atoms with Crippen LogP contribution in [0.1, 0.15) is 31.4 Å². The highest BCUT2D eigenvalue weighted by Gasteiger charge is 2.05. The van der Waals surface area contributed by atoms with Gasteiger partial charge in [-0.3, -0.25) is 0 Å². The summed E-state index contributed by atoms with van der Waals surface area (Å²) in [4.78, 5) is 6.95. The molecule has 0 aliphatic rings. The minimum atomic E-state index is 0. The van der Waals surface area contributed by atoms with E-state index in [0.29, 0.717) is 6.54 Å². The average Bonchev–Trinajstić information content (AvgIpc) is 2.63. The van der Waals surface area contributed by atoms with Crippen LogP contribution in [0.2, 0.25) is 0 Å². The average molecular weight is 492 g/mol. The molecule has 2 N–H and O–H groups in total. The third kappa shape index (κ3) is 11.4. The SMILES string of the molecule is CCCOc1cc(C)ccc1CN=C(NCC)NCCN(C)CCOC.I. The van der Waals surface area contributed by atoms with Crippen molar-refractivity contribution in [2.24, 2.45) is 4.99 Å². The molecule has 0 heterocycles. The number of hydrogen-bond donors (Lipinski definition) is 2. The predicted octanol–water partition coefficient (Wildman–Crippen LogP) is 3.04. The first-order chi connectivity index (χ1) is 12.6. The molecule has 1 aromatic rings. The molecule has 0 aliphatic heterocycles. The van der Waals surface area contributed by atoms with Crippen molar-refractivity contribution in [3.8, 4) is 5.75 Å². The maximum atomic E-state index is 5.88. The Hall–Kier alpha value is -1.06. The summed E-state index contributed by atoms with van der Waals surface area (Å²) in [6.07, 6.45) is 0.997. The molecule has 0 saturated carbocycles. The van der Waals surface area contributed by atoms with Crippen molar-refractivity contribution >= 4 is 29.9 Å². The van der Waals surface area contributed by atoms with Crippen LogP contribution < -0.4 is 15.4 Å². The summed E-state index contributed by atoms with van der Waals surface area (Å²) in [5.41, 5.74) is 2.31. The van der Waals surface area contributed by atoms with E-state index in [1.54, 1.807) is 7.11 Å². The summed E-state index contributed by atoms with van der Waals surface area (Å²) >= 11 is 0. The molecule has 0 unspecified atom stereocenters. The van der Waals surface area contributed by atoms with E-state index in [2.05, 4.69) is 61.6 Å². The van der Waals surface area contributed by atoms with Crippen molar-refractivity contribution in [2.45, 2.75) is 33.7 Å². The Morgan fingerprint density at radius 1 is 1.15 bits per heavy atom. The van der Waals surface area contributed by atoms with Crippen molar-refractivity contribution < 1.29 is 9.47 Å². The maximum Gasteiger partial charge on any atom is 0.191 e. The first kappa shape index (κ1) is 25.9. The highest BCUT2D eigenvalue weighted by atomic mass is 127. The Bertz CT molecular complexity index is 541. The van der Waals surface area contributed by atoms with Crippen LogP contribution in [0.25, 0.3) is 0 Å². The summed E-state index contributed by atoms with van der Waals surface area (Å²) in [5.74, 6) is 1.76. The zero-order valence-electron chi connectivity index (χ0n) is 17.5. The lowest BCUT2D eigenvalue weighted by Gasteiger charge is -2.18. The first-order valence-electron chi connectivity index (χ1n) is 9.52. The van der Waals surface area contributed by atoms with Gasteiger partial charge in [0.15, 0.2) is 5.96 Å². The number of guanidine groups is 1. The van der Waals surface area contributed by atoms with Gasteiger partial charge in [0.2, 0.25) is 0 Å². The molecule has 0 spiro atoms. The quantitative estimate of drug-likeness (QED) is 0.267. The zero-order valence-corrected chi connectivity index (χ0v) is 19.8. The van der Waals surface area contributed by atoms with E-state index < -0.39 is 0 Å². The third-order valence-electron chi connectivity index (χ3n) is 3.90. The van der Waals surface area contributed by atoms with Crippen LogP contribution in [0, 0.1) is 6.92 Å². The van der Waals surface area contributed by atoms with Gasteiger partial charge in [-0.1, -0.05) is 19.1 Å². The van der Waals surface area contributed by atoms with E-state index in [4.69, 9.17) is 14.5 Å². The summed E-state index contributed by atoms with van der Waals surface area (Å²) in [7, 11) is 3.82. The van der Waals surface area contributed by atoms with E-state index in [1.165, 1.54) is 5.56 Å². The number of nitrogens with zero attached hydrogens (tertiary/aromatic N) is 2. The second-order valence-electron chi connectivity index (χ2n) is 6.38. The number of ether oxygens (including phenoxy) is 2. The van der Waals surface area contributed by atoms with Gasteiger partial charge in [0.05, 0.1) is 19.8 Å². The minimum absolute atomic E-state index is 0. The molecule has 0 amide bonds. The Morgan fingerprint density at radius 3 is 2.59 bits per heavy atom. The fourth-order valence-corrected chi connectivity index (χ4v) is 2.37. The lowest BCUT2D eigenvalue weighted by atomic mass is 10.1. The van der Waals surface area contributed by atoms with Crippen LogP contribution in [0.3, 0.4) is 0 Å². The maximum absolute atomic E-state index is 5.88. The van der Waals surface area contributed by atoms with Gasteiger partial charge < -0.3 is 25.0 Å². The molecule has 27 heavy (non-hydrogen) atoms. The molecule has 6 nitrogen and oxygen atoms in total. The van der Waals surface area contributed by atoms with Crippen LogP contribution in [-0.2, 0) is 11.3 Å². The Morgan fingerprint density at radius 2 is 1.93 bits per heavy atom. The Balaban J connectivity index is 0.00000676. The fraction of sp³-hybridized carbons (Fsp3) is 0.650. The van der Waals surface area contributed by atoms with Crippen LogP contribution in [0.15, 0.2) is 23.2 Å². The van der Waals surface area contributed by atoms with Crippen molar-refractivity contribution in [1.29, 1.82) is 0 Å². The molecule has 0 aromatic heterocycles. The standard InChI is InChI=1S/C20H36N4O2.HI/c1-6-13-26-19-15-17(3)8-9-18(19)16-23-20(21-7-2)22-10-11-24(4)12-14-25-5;/h8-9,15H,6-7,10-14,16H2,1-5H3,(H2,21,22,23);1H. The Labute approximate surface area is 182 Å². The van der Waals surface area contributed by atoms with Gasteiger partial charge in [0.25, 0.3) is 0 Å². The Kier molecular flexibility index (Phi) is 15.3. The third-order valence-corrected chi connectivity index (χ3v) is 3.90. The summed E-state index contributed by atoms with van der Waals surface area (Å²) in [6, 6.07) is 6.30. The largest absolute Gasteiger partial charge is 0.493 e. The summed E-state index contributed by atoms with van der Waals surface area (Å²) in [5, 5.41) is 6.69. The molecule has 1 rings (SSSR count). The molecule has 156 valence electrons. The van der Waals surface area contributed by atoms with Crippen LogP contribution in [0.5, 0.6) is 5.75 Å². The molecule has 0 bridgehead atoms. The molecule has 1 aromatic carbocycles. The molecule has 0 fully saturated rings. The fourth-order valence-electron chi connectivity index (χ4n) is 2.37. The van der Waals surface area contributed by atoms with Crippen LogP contribution in [0.4, 0.5) is 0 Å². The van der Waals surface area contributed by atoms with Crippen LogP contribution in [-0.4, -0.2) is 64.4 Å². The van der Waals surface area contributed by atoms with Crippen LogP contribution >= 0.6 is 24.0 Å². The van der Waals surface area contributed by atoms with E-state index in [0.717, 1.165) is 63.1 Å². The number of rotatable bonds is 12. The lowest BCUT2D eigenvalue weighted by Crippen LogP contribution is -2.41. The molecule has 0 aliphatic carbocycles. The van der Waals surface area contributed by atoms with Crippen molar-refractivity contribution in [2.75, 3.05) is 53.6 Å². The number of aryl methyl sites for hydroxylation is 1. The van der Waals surface area contributed by atoms with E-state index in [9.17, 15) is 0 Å². The van der Waals surface area contributed by atoms with Crippen molar-refractivity contribution in [3.05, 3.63) is 29.3 Å². The second-order valence-corrected chi connectivity index (χ2v) is 6.38. The van der Waals surface area contributed by atoms with Gasteiger partial charge in [0.1, 0.15) is 5.75 Å². The molecule has 7 heteroatoms. The number of benzene rings is 1. The summed E-state index contributed by atoms with van der Waals surface area (Å²) < 4.78 is 11.0. The molecule has 0 saturated heterocycles. The lowest BCUT2D eigenvalue weighted by molar-refractivity contribution is 0.162. The number of nitrogens with one attached hydrogen (secondary N) is 2. The number of methoxy groups -OCH3 is 1. The number of hydrogen-bond acceptors (Lipinski definition) is 4. The van der Waals surface area contributed by atoms with Crippen molar-refractivity contribution in [3.63, 3.8) is 0 Å². The predicted molar refractivity (Wildman–Crippen MR) is 125 cm³/mol. The van der Waals surface area contributed by atoms with Gasteiger partial charge >= 0.3 is 0 Å². The van der Waals surface area contributed by atoms with Gasteiger partial charge in [-0.15, -0.1) is 24.0 Å². The molecule has 0 atom stereocenters. The number of aliphatic imine (C=N–C) groups is 1. The smallest absolute Gasteiger partial charge is 0.191 e. The minimum Gasteiger partial charge on any atom is -0.493 e. The van der Waals surface area contributed by atoms with E-state index in [1.807, 2.05) is 0 Å². The topological polar surface area (TPSA) is 58.1 Å². The van der Waals surface area contributed by atoms with Gasteiger partial charge in [0, 0.05) is 38.9 Å². The van der Waals surface area contributed by atoms with E-state index >= 15 is 0 Å². The first-order valence-corrected chi connectivity index (χ1v) is 9.52. The zero-order chi connectivity index (χ0) is 19.2. The number of likely N-dealkylation sites (N-methyl/N-ethyl adjacent to an activating group) is 1. The molecule has 0 radical (unpaired) electrons. The monoisotopic (exact) mass is 492 g/mol. The van der Waals surface area contributed by atoms with Gasteiger partial charge in [-0.2, -0.15) is 0 Å². The molecular weight excluding hydrogens is 455 g/mol. The van der Waals surface area contributed by atoms with Crippen molar-refractivity contribution in [1.82, 2.24) is 15.5 Å². The second kappa shape index (κ2) is 15.9. The highest BCUT2D eigenvalue weighted by molar-refractivity contribution is 14.0. The normalized spacial score (nSPS) is 11.3. The van der Waals surface area contributed by atoms with Gasteiger partial charge in [-0.25, -0.2) is 4.99 Å². The van der Waals surface area contributed by atoms with Gasteiger partial charge in [-0.05, 0) is 38.9 Å². The number of halogens is 1. The molecular formula is C20H37IN4O2. The van der Waals surface area contributed by atoms with E-state index in [-0.39, 0.29) is 24.0 Å². The highest BCUT2D eigenvalue weighted by Crippen LogP contribution is 2.21. The summed E-state index contributed by atoms with van der Waals surface area (Å²) in [6.45, 7) is 11.9.